The van der Waals surface area contributed by atoms with Gasteiger partial charge in [-0.3, -0.25) is 0 Å². The Labute approximate surface area is 117 Å². The zero-order valence-corrected chi connectivity index (χ0v) is 11.6. The minimum atomic E-state index is 1.22. The van der Waals surface area contributed by atoms with E-state index < -0.39 is 0 Å². The molecular formula is C16H14S2. The van der Waals surface area contributed by atoms with E-state index in [0.29, 0.717) is 0 Å². The quantitative estimate of drug-likeness (QED) is 0.627. The fourth-order valence-corrected chi connectivity index (χ4v) is 2.62. The second-order valence-corrected chi connectivity index (χ2v) is 5.70. The van der Waals surface area contributed by atoms with Gasteiger partial charge in [0.05, 0.1) is 0 Å². The van der Waals surface area contributed by atoms with Crippen molar-refractivity contribution in [1.29, 1.82) is 0 Å². The van der Waals surface area contributed by atoms with Crippen LogP contribution in [0.5, 0.6) is 0 Å². The van der Waals surface area contributed by atoms with Crippen LogP contribution in [0, 0.1) is 0 Å². The van der Waals surface area contributed by atoms with E-state index in [2.05, 4.69) is 61.7 Å². The van der Waals surface area contributed by atoms with Crippen molar-refractivity contribution in [3.05, 3.63) is 72.5 Å². The van der Waals surface area contributed by atoms with Crippen LogP contribution in [0.3, 0.4) is 0 Å². The second kappa shape index (κ2) is 6.53. The van der Waals surface area contributed by atoms with E-state index in [4.69, 9.17) is 0 Å². The van der Waals surface area contributed by atoms with Crippen LogP contribution in [0.4, 0.5) is 0 Å². The van der Waals surface area contributed by atoms with Gasteiger partial charge in [-0.15, -0.1) is 0 Å². The summed E-state index contributed by atoms with van der Waals surface area (Å²) < 4.78 is 0. The Kier molecular flexibility index (Phi) is 4.73. The van der Waals surface area contributed by atoms with Crippen LogP contribution in [0.2, 0.25) is 0 Å². The highest BCUT2D eigenvalue weighted by molar-refractivity contribution is 8.02. The molecule has 0 radical (unpaired) electrons. The number of benzene rings is 2. The Morgan fingerprint density at radius 3 is 1.22 bits per heavy atom. The van der Waals surface area contributed by atoms with Gasteiger partial charge in [0.25, 0.3) is 0 Å². The Morgan fingerprint density at radius 1 is 0.611 bits per heavy atom. The molecule has 0 fully saturated rings. The maximum absolute atomic E-state index is 3.72. The molecule has 0 aliphatic carbocycles. The molecule has 0 heterocycles. The van der Waals surface area contributed by atoms with Gasteiger partial charge >= 0.3 is 0 Å². The Hall–Kier alpha value is -1.38. The third kappa shape index (κ3) is 3.31. The summed E-state index contributed by atoms with van der Waals surface area (Å²) in [7, 11) is 0. The fraction of sp³-hybridized carbons (Fsp3) is 0. The lowest BCUT2D eigenvalue weighted by molar-refractivity contribution is 1.43. The lowest BCUT2D eigenvalue weighted by atomic mass is 10.1. The summed E-state index contributed by atoms with van der Waals surface area (Å²) in [5.41, 5.74) is 2.47. The van der Waals surface area contributed by atoms with E-state index in [0.717, 1.165) is 0 Å². The Bertz CT molecular complexity index is 473. The van der Waals surface area contributed by atoms with Gasteiger partial charge in [-0.1, -0.05) is 60.9 Å². The van der Waals surface area contributed by atoms with Crippen LogP contribution < -0.4 is 0 Å². The lowest BCUT2D eigenvalue weighted by Gasteiger charge is -2.04. The zero-order chi connectivity index (χ0) is 12.8. The van der Waals surface area contributed by atoms with Gasteiger partial charge in [0.15, 0.2) is 0 Å². The van der Waals surface area contributed by atoms with Gasteiger partial charge in [-0.25, -0.2) is 0 Å². The van der Waals surface area contributed by atoms with Crippen LogP contribution in [-0.2, 0) is 0 Å². The molecule has 0 unspecified atom stereocenters. The van der Waals surface area contributed by atoms with Crippen molar-refractivity contribution in [2.45, 2.75) is 9.79 Å². The van der Waals surface area contributed by atoms with Crippen molar-refractivity contribution in [2.24, 2.45) is 0 Å². The standard InChI is InChI=1S/C16H14S2/c1-3-17-15-9-5-13(6-10-15)14-7-11-16(12-8-14)18-4-2/h3-12H,1-2H2. The maximum Gasteiger partial charge on any atom is 0.0116 e. The van der Waals surface area contributed by atoms with E-state index in [1.165, 1.54) is 20.9 Å². The van der Waals surface area contributed by atoms with E-state index in [1.807, 2.05) is 10.8 Å². The summed E-state index contributed by atoms with van der Waals surface area (Å²) >= 11 is 3.28. The molecule has 2 aromatic carbocycles. The molecular weight excluding hydrogens is 256 g/mol. The van der Waals surface area contributed by atoms with Crippen molar-refractivity contribution < 1.29 is 0 Å². The smallest absolute Gasteiger partial charge is 0.0116 e. The first-order valence-corrected chi connectivity index (χ1v) is 7.35. The normalized spacial score (nSPS) is 10.0. The van der Waals surface area contributed by atoms with Crippen molar-refractivity contribution >= 4 is 23.5 Å². The first-order valence-electron chi connectivity index (χ1n) is 5.59. The van der Waals surface area contributed by atoms with Crippen LogP contribution in [0.1, 0.15) is 0 Å². The van der Waals surface area contributed by atoms with E-state index in [-0.39, 0.29) is 0 Å². The maximum atomic E-state index is 3.72. The molecule has 0 aliphatic rings. The van der Waals surface area contributed by atoms with Crippen molar-refractivity contribution in [1.82, 2.24) is 0 Å². The Morgan fingerprint density at radius 2 is 0.944 bits per heavy atom. The number of hydrogen-bond donors (Lipinski definition) is 0. The minimum Gasteiger partial charge on any atom is -0.0987 e. The van der Waals surface area contributed by atoms with Gasteiger partial charge in [0, 0.05) is 9.79 Å². The Balaban J connectivity index is 2.19. The van der Waals surface area contributed by atoms with Crippen LogP contribution in [-0.4, -0.2) is 0 Å². The number of thioether (sulfide) groups is 2. The molecule has 0 atom stereocenters. The van der Waals surface area contributed by atoms with Gasteiger partial charge in [-0.2, -0.15) is 0 Å². The molecule has 0 spiro atoms. The van der Waals surface area contributed by atoms with Crippen LogP contribution in [0.25, 0.3) is 11.1 Å². The van der Waals surface area contributed by atoms with Gasteiger partial charge in [-0.05, 0) is 46.2 Å². The predicted molar refractivity (Wildman–Crippen MR) is 84.0 cm³/mol. The molecule has 0 N–H and O–H groups in total. The van der Waals surface area contributed by atoms with Crippen LogP contribution in [0.15, 0.2) is 82.3 Å². The molecule has 0 amide bonds. The second-order valence-electron chi connectivity index (χ2n) is 3.62. The number of hydrogen-bond acceptors (Lipinski definition) is 2. The van der Waals surface area contributed by atoms with Gasteiger partial charge in [0.1, 0.15) is 0 Å². The molecule has 0 bridgehead atoms. The number of rotatable bonds is 5. The third-order valence-electron chi connectivity index (χ3n) is 2.48. The van der Waals surface area contributed by atoms with Crippen LogP contribution >= 0.6 is 23.5 Å². The first-order chi connectivity index (χ1) is 8.83. The largest absolute Gasteiger partial charge is 0.0987 e. The first kappa shape index (κ1) is 13.1. The summed E-state index contributed by atoms with van der Waals surface area (Å²) in [5.74, 6) is 0. The molecule has 2 heteroatoms. The molecule has 0 saturated carbocycles. The fourth-order valence-electron chi connectivity index (χ4n) is 1.64. The highest BCUT2D eigenvalue weighted by Gasteiger charge is 1.98. The average Bonchev–Trinajstić information content (AvgIpc) is 2.41. The molecule has 0 nitrogen and oxygen atoms in total. The predicted octanol–water partition coefficient (Wildman–Crippen LogP) is 5.82. The molecule has 0 saturated heterocycles. The molecule has 0 aromatic heterocycles. The average molecular weight is 270 g/mol. The highest BCUT2D eigenvalue weighted by Crippen LogP contribution is 2.26. The van der Waals surface area contributed by atoms with Crippen molar-refractivity contribution in [2.75, 3.05) is 0 Å². The molecule has 2 aromatic rings. The van der Waals surface area contributed by atoms with Gasteiger partial charge < -0.3 is 0 Å². The minimum absolute atomic E-state index is 1.22. The van der Waals surface area contributed by atoms with Crippen molar-refractivity contribution in [3.8, 4) is 11.1 Å². The summed E-state index contributed by atoms with van der Waals surface area (Å²) in [5, 5.41) is 3.69. The topological polar surface area (TPSA) is 0 Å². The zero-order valence-electron chi connectivity index (χ0n) is 10.0. The third-order valence-corrected chi connectivity index (χ3v) is 3.90. The summed E-state index contributed by atoms with van der Waals surface area (Å²) in [6, 6.07) is 17.0. The SMILES string of the molecule is C=CSc1ccc(-c2ccc(SC=C)cc2)cc1. The molecule has 18 heavy (non-hydrogen) atoms. The summed E-state index contributed by atoms with van der Waals surface area (Å²) in [6.07, 6.45) is 0. The summed E-state index contributed by atoms with van der Waals surface area (Å²) in [4.78, 5) is 2.43. The summed E-state index contributed by atoms with van der Waals surface area (Å²) in [6.45, 7) is 7.43. The molecule has 2 rings (SSSR count). The lowest BCUT2D eigenvalue weighted by Crippen LogP contribution is -1.78. The molecule has 0 aliphatic heterocycles. The van der Waals surface area contributed by atoms with Crippen molar-refractivity contribution in [3.63, 3.8) is 0 Å². The van der Waals surface area contributed by atoms with Gasteiger partial charge in [0.2, 0.25) is 0 Å². The van der Waals surface area contributed by atoms with E-state index in [1.54, 1.807) is 23.5 Å². The monoisotopic (exact) mass is 270 g/mol. The molecule has 90 valence electrons. The van der Waals surface area contributed by atoms with E-state index in [9.17, 15) is 0 Å². The van der Waals surface area contributed by atoms with E-state index >= 15 is 0 Å². The highest BCUT2D eigenvalue weighted by atomic mass is 32.2.